The molecule has 0 bridgehead atoms. The number of carbonyl (C=O) groups excluding carboxylic acids is 2. The third-order valence-corrected chi connectivity index (χ3v) is 3.37. The third kappa shape index (κ3) is 2.65. The summed E-state index contributed by atoms with van der Waals surface area (Å²) in [4.78, 5) is 41.0. The van der Waals surface area contributed by atoms with E-state index in [1.54, 1.807) is 12.1 Å². The van der Waals surface area contributed by atoms with Gasteiger partial charge in [0, 0.05) is 29.3 Å². The van der Waals surface area contributed by atoms with Crippen LogP contribution in [0.5, 0.6) is 0 Å². The first-order valence-electron chi connectivity index (χ1n) is 6.79. The van der Waals surface area contributed by atoms with Crippen LogP contribution in [0.1, 0.15) is 20.8 Å². The number of benzene rings is 1. The number of H-pyrrole nitrogens is 1. The van der Waals surface area contributed by atoms with Crippen LogP contribution in [0, 0.1) is 10.1 Å². The largest absolute Gasteiger partial charge is 0.364 e. The van der Waals surface area contributed by atoms with Gasteiger partial charge >= 0.3 is 0 Å². The van der Waals surface area contributed by atoms with Gasteiger partial charge in [0.1, 0.15) is 11.3 Å². The highest BCUT2D eigenvalue weighted by Gasteiger charge is 2.19. The number of nitrogens with one attached hydrogen (secondary N) is 2. The van der Waals surface area contributed by atoms with Crippen LogP contribution in [0.2, 0.25) is 0 Å². The molecule has 0 spiro atoms. The van der Waals surface area contributed by atoms with Gasteiger partial charge in [0.05, 0.1) is 10.6 Å². The second-order valence-electron chi connectivity index (χ2n) is 4.90. The van der Waals surface area contributed by atoms with Crippen molar-refractivity contribution in [3.05, 3.63) is 64.0 Å². The highest BCUT2D eigenvalue weighted by Crippen LogP contribution is 2.27. The Labute approximate surface area is 134 Å². The monoisotopic (exact) mass is 325 g/mol. The van der Waals surface area contributed by atoms with E-state index in [4.69, 9.17) is 5.73 Å². The Hall–Kier alpha value is -3.75. The summed E-state index contributed by atoms with van der Waals surface area (Å²) in [7, 11) is 0. The molecule has 0 saturated carbocycles. The van der Waals surface area contributed by atoms with E-state index in [0.29, 0.717) is 11.0 Å². The van der Waals surface area contributed by atoms with Crippen molar-refractivity contribution in [1.29, 1.82) is 0 Å². The maximum Gasteiger partial charge on any atom is 0.270 e. The van der Waals surface area contributed by atoms with Gasteiger partial charge in [-0.3, -0.25) is 19.7 Å². The molecule has 4 N–H and O–H groups in total. The van der Waals surface area contributed by atoms with Crippen LogP contribution < -0.4 is 11.1 Å². The van der Waals surface area contributed by atoms with Crippen LogP contribution in [0.4, 0.5) is 11.4 Å². The molecule has 0 aliphatic heterocycles. The van der Waals surface area contributed by atoms with Gasteiger partial charge in [-0.05, 0) is 18.2 Å². The number of aromatic amines is 1. The maximum atomic E-state index is 12.4. The molecule has 24 heavy (non-hydrogen) atoms. The van der Waals surface area contributed by atoms with Crippen molar-refractivity contribution in [3.8, 4) is 0 Å². The first-order chi connectivity index (χ1) is 11.5. The van der Waals surface area contributed by atoms with Gasteiger partial charge in [-0.1, -0.05) is 6.07 Å². The Morgan fingerprint density at radius 3 is 2.75 bits per heavy atom. The lowest BCUT2D eigenvalue weighted by Gasteiger charge is -2.06. The van der Waals surface area contributed by atoms with Gasteiger partial charge in [0.2, 0.25) is 0 Å². The Kier molecular flexibility index (Phi) is 3.66. The van der Waals surface area contributed by atoms with Gasteiger partial charge in [0.25, 0.3) is 17.5 Å². The van der Waals surface area contributed by atoms with Crippen LogP contribution in [0.15, 0.2) is 42.6 Å². The third-order valence-electron chi connectivity index (χ3n) is 3.37. The molecule has 1 aromatic carbocycles. The van der Waals surface area contributed by atoms with E-state index in [0.717, 1.165) is 6.07 Å². The summed E-state index contributed by atoms with van der Waals surface area (Å²) in [5.74, 6) is -1.37. The number of non-ortho nitro benzene ring substituents is 1. The average molecular weight is 325 g/mol. The number of nitrogens with two attached hydrogens (primary N) is 1. The number of carbonyl (C=O) groups is 2. The van der Waals surface area contributed by atoms with Crippen molar-refractivity contribution in [2.45, 2.75) is 0 Å². The number of nitro groups is 1. The number of nitrogens with zero attached hydrogens (tertiary/aromatic N) is 2. The molecule has 0 fully saturated rings. The smallest absolute Gasteiger partial charge is 0.270 e. The van der Waals surface area contributed by atoms with Crippen molar-refractivity contribution < 1.29 is 14.5 Å². The van der Waals surface area contributed by atoms with Crippen LogP contribution in [0.25, 0.3) is 11.0 Å². The molecule has 120 valence electrons. The number of pyridine rings is 1. The molecule has 0 saturated heterocycles. The summed E-state index contributed by atoms with van der Waals surface area (Å²) in [6, 6.07) is 8.56. The summed E-state index contributed by atoms with van der Waals surface area (Å²) in [6.07, 6.45) is 1.52. The molecule has 0 radical (unpaired) electrons. The molecular weight excluding hydrogens is 314 g/mol. The van der Waals surface area contributed by atoms with Gasteiger partial charge in [-0.15, -0.1) is 0 Å². The normalized spacial score (nSPS) is 10.5. The molecule has 0 aliphatic rings. The van der Waals surface area contributed by atoms with Gasteiger partial charge < -0.3 is 16.0 Å². The van der Waals surface area contributed by atoms with E-state index >= 15 is 0 Å². The summed E-state index contributed by atoms with van der Waals surface area (Å²) in [5, 5.41) is 13.9. The fourth-order valence-electron chi connectivity index (χ4n) is 2.28. The number of fused-ring (bicyclic) bond motifs is 1. The number of nitro benzene ring substituents is 1. The standard InChI is InChI=1S/C15H11N5O4/c16-13(21)12-11(10-5-2-6-17-14(10)18-12)19-15(22)8-3-1-4-9(7-8)20(23)24/h1-7H,(H2,16,21)(H,17,18)(H,19,22). The van der Waals surface area contributed by atoms with Crippen LogP contribution in [-0.2, 0) is 0 Å². The van der Waals surface area contributed by atoms with Crippen molar-refractivity contribution >= 4 is 34.2 Å². The Bertz CT molecular complexity index is 979. The van der Waals surface area contributed by atoms with Crippen LogP contribution >= 0.6 is 0 Å². The quantitative estimate of drug-likeness (QED) is 0.495. The number of aromatic nitrogens is 2. The fraction of sp³-hybridized carbons (Fsp3) is 0. The molecular formula is C15H11N5O4. The first-order valence-corrected chi connectivity index (χ1v) is 6.79. The molecule has 2 heterocycles. The lowest BCUT2D eigenvalue weighted by molar-refractivity contribution is -0.384. The average Bonchev–Trinajstić information content (AvgIpc) is 2.94. The molecule has 2 amide bonds. The van der Waals surface area contributed by atoms with E-state index in [1.807, 2.05) is 0 Å². The molecule has 0 unspecified atom stereocenters. The highest BCUT2D eigenvalue weighted by molar-refractivity contribution is 6.14. The predicted molar refractivity (Wildman–Crippen MR) is 85.7 cm³/mol. The summed E-state index contributed by atoms with van der Waals surface area (Å²) in [6.45, 7) is 0. The summed E-state index contributed by atoms with van der Waals surface area (Å²) < 4.78 is 0. The van der Waals surface area contributed by atoms with Gasteiger partial charge in [-0.25, -0.2) is 4.98 Å². The van der Waals surface area contributed by atoms with Crippen molar-refractivity contribution in [1.82, 2.24) is 9.97 Å². The van der Waals surface area contributed by atoms with E-state index < -0.39 is 16.7 Å². The molecule has 9 nitrogen and oxygen atoms in total. The number of amides is 2. The Balaban J connectivity index is 2.02. The van der Waals surface area contributed by atoms with E-state index in [-0.39, 0.29) is 22.6 Å². The first kappa shape index (κ1) is 15.2. The Morgan fingerprint density at radius 1 is 1.25 bits per heavy atom. The highest BCUT2D eigenvalue weighted by atomic mass is 16.6. The van der Waals surface area contributed by atoms with Gasteiger partial charge in [0.15, 0.2) is 0 Å². The number of hydrogen-bond donors (Lipinski definition) is 3. The topological polar surface area (TPSA) is 144 Å². The lowest BCUT2D eigenvalue weighted by atomic mass is 10.1. The molecule has 9 heteroatoms. The van der Waals surface area contributed by atoms with Crippen LogP contribution in [-0.4, -0.2) is 26.7 Å². The molecule has 3 rings (SSSR count). The fourth-order valence-corrected chi connectivity index (χ4v) is 2.28. The van der Waals surface area contributed by atoms with Crippen molar-refractivity contribution in [2.75, 3.05) is 5.32 Å². The number of rotatable bonds is 4. The Morgan fingerprint density at radius 2 is 2.04 bits per heavy atom. The minimum absolute atomic E-state index is 0.00230. The molecule has 0 atom stereocenters. The van der Waals surface area contributed by atoms with Crippen molar-refractivity contribution in [2.24, 2.45) is 5.73 Å². The zero-order valence-corrected chi connectivity index (χ0v) is 12.1. The molecule has 3 aromatic rings. The number of hydrogen-bond acceptors (Lipinski definition) is 5. The van der Waals surface area contributed by atoms with Crippen molar-refractivity contribution in [3.63, 3.8) is 0 Å². The minimum atomic E-state index is -0.762. The number of anilines is 1. The predicted octanol–water partition coefficient (Wildman–Crippen LogP) is 1.82. The van der Waals surface area contributed by atoms with E-state index in [1.165, 1.54) is 24.4 Å². The minimum Gasteiger partial charge on any atom is -0.364 e. The SMILES string of the molecule is NC(=O)c1[nH]c2ncccc2c1NC(=O)c1cccc([N+](=O)[O-])c1. The number of primary amides is 1. The van der Waals surface area contributed by atoms with Crippen LogP contribution in [0.3, 0.4) is 0 Å². The zero-order chi connectivity index (χ0) is 17.3. The zero-order valence-electron chi connectivity index (χ0n) is 12.1. The van der Waals surface area contributed by atoms with E-state index in [2.05, 4.69) is 15.3 Å². The maximum absolute atomic E-state index is 12.4. The summed E-state index contributed by atoms with van der Waals surface area (Å²) >= 11 is 0. The van der Waals surface area contributed by atoms with E-state index in [9.17, 15) is 19.7 Å². The molecule has 0 aliphatic carbocycles. The molecule has 2 aromatic heterocycles. The lowest BCUT2D eigenvalue weighted by Crippen LogP contribution is -2.18. The van der Waals surface area contributed by atoms with Gasteiger partial charge in [-0.2, -0.15) is 0 Å². The second-order valence-corrected chi connectivity index (χ2v) is 4.90. The second kappa shape index (κ2) is 5.80. The summed E-state index contributed by atoms with van der Waals surface area (Å²) in [5.41, 5.74) is 5.76.